The number of amides is 1. The van der Waals surface area contributed by atoms with Crippen molar-refractivity contribution in [3.05, 3.63) is 89.2 Å². The Morgan fingerprint density at radius 3 is 2.45 bits per heavy atom. The van der Waals surface area contributed by atoms with Gasteiger partial charge in [-0.2, -0.15) is 0 Å². The Morgan fingerprint density at radius 2 is 1.74 bits per heavy atom. The molecular weight excluding hydrogens is 616 g/mol. The molecule has 1 atom stereocenters. The van der Waals surface area contributed by atoms with E-state index in [1.165, 1.54) is 0 Å². The average Bonchev–Trinajstić information content (AvgIpc) is 3.47. The Hall–Kier alpha value is -4.28. The van der Waals surface area contributed by atoms with Crippen LogP contribution in [-0.2, 0) is 45.2 Å². The monoisotopic (exact) mass is 660 g/mol. The number of ether oxygens (including phenoxy) is 3. The molecule has 3 aromatic carbocycles. The van der Waals surface area contributed by atoms with Gasteiger partial charge in [-0.1, -0.05) is 34.7 Å². The number of esters is 1. The van der Waals surface area contributed by atoms with Gasteiger partial charge in [-0.05, 0) is 102 Å². The molecule has 4 aromatic rings. The summed E-state index contributed by atoms with van der Waals surface area (Å²) < 4.78 is 39.4. The van der Waals surface area contributed by atoms with Gasteiger partial charge in [0.2, 0.25) is 0 Å². The highest BCUT2D eigenvalue weighted by Crippen LogP contribution is 2.33. The fraction of sp³-hybridized carbons (Fsp3) is 0.378. The van der Waals surface area contributed by atoms with E-state index in [1.54, 1.807) is 13.2 Å². The van der Waals surface area contributed by atoms with Crippen molar-refractivity contribution in [2.45, 2.75) is 85.3 Å². The first kappa shape index (κ1) is 35.6. The second-order valence-corrected chi connectivity index (χ2v) is 15.1. The third kappa shape index (κ3) is 10.1. The Bertz CT molecular complexity index is 1750. The van der Waals surface area contributed by atoms with Gasteiger partial charge in [0.05, 0.1) is 25.0 Å². The molecule has 10 heteroatoms. The summed E-state index contributed by atoms with van der Waals surface area (Å²) in [5.41, 5.74) is 5.75. The minimum atomic E-state index is -1.43. The first-order valence-electron chi connectivity index (χ1n) is 15.6. The number of furan rings is 1. The smallest absolute Gasteiger partial charge is 0.407 e. The second-order valence-electron chi connectivity index (χ2n) is 13.2. The van der Waals surface area contributed by atoms with Gasteiger partial charge >= 0.3 is 12.1 Å². The van der Waals surface area contributed by atoms with Gasteiger partial charge in [-0.15, -0.1) is 0 Å². The highest BCUT2D eigenvalue weighted by molar-refractivity contribution is 7.91. The maximum Gasteiger partial charge on any atom is 0.407 e. The van der Waals surface area contributed by atoms with Crippen molar-refractivity contribution < 1.29 is 32.8 Å². The number of nitrogens with zero attached hydrogens (tertiary/aromatic N) is 1. The minimum absolute atomic E-state index is 0.0453. The molecule has 1 aromatic heterocycles. The van der Waals surface area contributed by atoms with Crippen molar-refractivity contribution >= 4 is 40.1 Å². The Kier molecular flexibility index (Phi) is 11.4. The molecule has 0 saturated heterocycles. The fourth-order valence-electron chi connectivity index (χ4n) is 4.68. The number of nitrogens with one attached hydrogen (secondary N) is 1. The lowest BCUT2D eigenvalue weighted by Crippen LogP contribution is -2.32. The van der Waals surface area contributed by atoms with Crippen molar-refractivity contribution in [1.82, 2.24) is 5.32 Å². The third-order valence-corrected chi connectivity index (χ3v) is 8.44. The number of hydrogen-bond acceptors (Lipinski definition) is 8. The topological polar surface area (TPSA) is 122 Å². The van der Waals surface area contributed by atoms with Gasteiger partial charge in [-0.3, -0.25) is 4.79 Å². The molecule has 1 heterocycles. The van der Waals surface area contributed by atoms with E-state index in [0.29, 0.717) is 23.6 Å². The molecule has 0 radical (unpaired) electrons. The molecule has 4 rings (SSSR count). The second kappa shape index (κ2) is 15.1. The largest absolute Gasteiger partial charge is 0.591 e. The lowest BCUT2D eigenvalue weighted by atomic mass is 9.99. The Balaban J connectivity index is 1.62. The third-order valence-electron chi connectivity index (χ3n) is 6.95. The Morgan fingerprint density at radius 1 is 0.979 bits per heavy atom. The van der Waals surface area contributed by atoms with Crippen LogP contribution in [0, 0.1) is 0 Å². The summed E-state index contributed by atoms with van der Waals surface area (Å²) >= 11 is -1.43. The zero-order valence-corrected chi connectivity index (χ0v) is 29.2. The predicted octanol–water partition coefficient (Wildman–Crippen LogP) is 8.08. The van der Waals surface area contributed by atoms with E-state index in [0.717, 1.165) is 38.8 Å². The van der Waals surface area contributed by atoms with Crippen molar-refractivity contribution in [3.63, 3.8) is 0 Å². The highest BCUT2D eigenvalue weighted by Gasteiger charge is 2.27. The molecule has 0 fully saturated rings. The van der Waals surface area contributed by atoms with E-state index in [9.17, 15) is 14.1 Å². The van der Waals surface area contributed by atoms with Gasteiger partial charge in [0, 0.05) is 28.6 Å². The number of carbonyl (C=O) groups excluding carboxylic acids is 2. The van der Waals surface area contributed by atoms with Gasteiger partial charge in [0.1, 0.15) is 39.6 Å². The molecule has 47 heavy (non-hydrogen) atoms. The molecule has 1 amide bonds. The maximum atomic E-state index is 12.7. The molecule has 0 bridgehead atoms. The number of hydrogen-bond donors (Lipinski definition) is 1. The molecule has 0 saturated carbocycles. The molecule has 1 unspecified atom stereocenters. The zero-order valence-electron chi connectivity index (χ0n) is 28.4. The van der Waals surface area contributed by atoms with Crippen LogP contribution >= 0.6 is 0 Å². The molecular formula is C37H44N2O7S. The van der Waals surface area contributed by atoms with E-state index >= 15 is 0 Å². The summed E-state index contributed by atoms with van der Waals surface area (Å²) in [5, 5.41) is 3.72. The lowest BCUT2D eigenvalue weighted by molar-refractivity contribution is -0.142. The lowest BCUT2D eigenvalue weighted by Gasteiger charge is -2.19. The van der Waals surface area contributed by atoms with Gasteiger partial charge in [0.15, 0.2) is 0 Å². The number of carbonyl (C=O) groups is 2. The van der Waals surface area contributed by atoms with Crippen LogP contribution in [0.3, 0.4) is 0 Å². The van der Waals surface area contributed by atoms with Crippen LogP contribution in [0.25, 0.3) is 22.1 Å². The first-order valence-corrected chi connectivity index (χ1v) is 16.7. The minimum Gasteiger partial charge on any atom is -0.591 e. The van der Waals surface area contributed by atoms with Crippen LogP contribution in [-0.4, -0.2) is 39.3 Å². The van der Waals surface area contributed by atoms with Gasteiger partial charge in [0.25, 0.3) is 0 Å². The zero-order chi connectivity index (χ0) is 34.4. The average molecular weight is 661 g/mol. The molecule has 0 aliphatic heterocycles. The molecule has 0 aliphatic carbocycles. The summed E-state index contributed by atoms with van der Waals surface area (Å²) in [6.45, 7) is 15.5. The van der Waals surface area contributed by atoms with E-state index in [-0.39, 0.29) is 25.6 Å². The van der Waals surface area contributed by atoms with Crippen LogP contribution in [0.4, 0.5) is 4.79 Å². The fourth-order valence-corrected chi connectivity index (χ4v) is 5.31. The van der Waals surface area contributed by atoms with Gasteiger partial charge < -0.3 is 28.5 Å². The van der Waals surface area contributed by atoms with E-state index < -0.39 is 27.8 Å². The molecule has 250 valence electrons. The standard InChI is InChI=1S/C37H44N2O7S/c1-9-43-33(40)21-29-14-13-27(24(2)39-47(42)37(6,7)8)20-32(29)45-23-26-18-30-15-16-44-34(30)31(19-26)28-12-10-11-25(17-28)22-38-35(41)46-36(3,4)5/h10-20H,9,21-23H2,1-8H3,(H,38,41). The summed E-state index contributed by atoms with van der Waals surface area (Å²) in [6.07, 6.45) is 1.21. The molecule has 9 nitrogen and oxygen atoms in total. The number of fused-ring (bicyclic) bond motifs is 1. The summed E-state index contributed by atoms with van der Waals surface area (Å²) in [6, 6.07) is 19.3. The van der Waals surface area contributed by atoms with Crippen LogP contribution in [0.2, 0.25) is 0 Å². The predicted molar refractivity (Wildman–Crippen MR) is 186 cm³/mol. The van der Waals surface area contributed by atoms with E-state index in [2.05, 4.69) is 9.71 Å². The number of alkyl carbamates (subject to hydrolysis) is 1. The molecule has 0 spiro atoms. The molecule has 0 aliphatic rings. The van der Waals surface area contributed by atoms with Crippen LogP contribution < -0.4 is 10.1 Å². The van der Waals surface area contributed by atoms with Crippen molar-refractivity contribution in [2.75, 3.05) is 6.61 Å². The first-order chi connectivity index (χ1) is 22.1. The van der Waals surface area contributed by atoms with Gasteiger partial charge in [-0.25, -0.2) is 4.79 Å². The number of rotatable bonds is 11. The molecule has 1 N–H and O–H groups in total. The maximum absolute atomic E-state index is 12.7. The van der Waals surface area contributed by atoms with E-state index in [1.807, 2.05) is 109 Å². The van der Waals surface area contributed by atoms with E-state index in [4.69, 9.17) is 18.6 Å². The Labute approximate surface area is 280 Å². The summed E-state index contributed by atoms with van der Waals surface area (Å²) in [7, 11) is 0. The van der Waals surface area contributed by atoms with Crippen LogP contribution in [0.15, 0.2) is 75.7 Å². The normalized spacial score (nSPS) is 12.9. The SMILES string of the molecule is CCOC(=O)Cc1ccc(C(C)=N[S+]([O-])C(C)(C)C)cc1OCc1cc(-c2cccc(CNC(=O)OC(C)(C)C)c2)c2occc2c1. The highest BCUT2D eigenvalue weighted by atomic mass is 32.2. The van der Waals surface area contributed by atoms with Crippen molar-refractivity contribution in [1.29, 1.82) is 0 Å². The summed E-state index contributed by atoms with van der Waals surface area (Å²) in [5.74, 6) is 0.156. The number of benzene rings is 3. The quantitative estimate of drug-likeness (QED) is 0.0980. The van der Waals surface area contributed by atoms with Crippen LogP contribution in [0.1, 0.15) is 77.6 Å². The van der Waals surface area contributed by atoms with Crippen LogP contribution in [0.5, 0.6) is 5.75 Å². The van der Waals surface area contributed by atoms with Crippen molar-refractivity contribution in [3.8, 4) is 16.9 Å². The van der Waals surface area contributed by atoms with Crippen molar-refractivity contribution in [2.24, 2.45) is 4.40 Å². The summed E-state index contributed by atoms with van der Waals surface area (Å²) in [4.78, 5) is 24.6.